The Morgan fingerprint density at radius 3 is 2.40 bits per heavy atom. The van der Waals surface area contributed by atoms with Gasteiger partial charge in [-0.2, -0.15) is 0 Å². The highest BCUT2D eigenvalue weighted by Crippen LogP contribution is 2.41. The molecule has 0 aromatic heterocycles. The van der Waals surface area contributed by atoms with E-state index in [9.17, 15) is 9.00 Å². The van der Waals surface area contributed by atoms with Gasteiger partial charge in [0.2, 0.25) is 5.78 Å². The van der Waals surface area contributed by atoms with Crippen LogP contribution < -0.4 is 0 Å². The van der Waals surface area contributed by atoms with Crippen LogP contribution in [0.4, 0.5) is 0 Å². The molecule has 130 valence electrons. The molecule has 1 atom stereocenters. The van der Waals surface area contributed by atoms with E-state index in [1.54, 1.807) is 26.0 Å². The SMILES string of the molecule is CC1(C)OC(c2ccc(CS(=O)O)c(Br)c2)=C(c2ccccc2)C1=O. The van der Waals surface area contributed by atoms with E-state index in [0.717, 1.165) is 16.7 Å². The predicted octanol–water partition coefficient (Wildman–Crippen LogP) is 4.42. The van der Waals surface area contributed by atoms with E-state index in [-0.39, 0.29) is 11.5 Å². The average molecular weight is 421 g/mol. The summed E-state index contributed by atoms with van der Waals surface area (Å²) in [7, 11) is 0. The predicted molar refractivity (Wildman–Crippen MR) is 102 cm³/mol. The van der Waals surface area contributed by atoms with Crippen molar-refractivity contribution in [3.63, 3.8) is 0 Å². The standard InChI is InChI=1S/C19H17BrO4S/c1-19(2)18(21)16(12-6-4-3-5-7-12)17(24-19)13-8-9-14(11-25(22)23)15(20)10-13/h3-10H,11H2,1-2H3,(H,22,23). The molecule has 0 aliphatic carbocycles. The second kappa shape index (κ2) is 6.86. The van der Waals surface area contributed by atoms with Crippen LogP contribution in [0.25, 0.3) is 11.3 Å². The third kappa shape index (κ3) is 3.61. The molecular weight excluding hydrogens is 404 g/mol. The highest BCUT2D eigenvalue weighted by molar-refractivity contribution is 9.10. The van der Waals surface area contributed by atoms with Crippen molar-refractivity contribution in [2.75, 3.05) is 0 Å². The van der Waals surface area contributed by atoms with Gasteiger partial charge in [-0.15, -0.1) is 0 Å². The number of hydrogen-bond acceptors (Lipinski definition) is 3. The lowest BCUT2D eigenvalue weighted by atomic mass is 9.92. The van der Waals surface area contributed by atoms with Crippen molar-refractivity contribution in [2.45, 2.75) is 25.2 Å². The number of hydrogen-bond donors (Lipinski definition) is 1. The Bertz CT molecular complexity index is 888. The van der Waals surface area contributed by atoms with Gasteiger partial charge in [0, 0.05) is 10.0 Å². The van der Waals surface area contributed by atoms with Crippen LogP contribution in [0, 0.1) is 0 Å². The van der Waals surface area contributed by atoms with Crippen LogP contribution in [0.15, 0.2) is 53.0 Å². The Balaban J connectivity index is 2.12. The number of Topliss-reactive ketones (excluding diaryl/α,β-unsaturated/α-hetero) is 1. The summed E-state index contributed by atoms with van der Waals surface area (Å²) < 4.78 is 26.8. The topological polar surface area (TPSA) is 63.6 Å². The first kappa shape index (κ1) is 18.0. The Hall–Kier alpha value is -1.76. The number of rotatable bonds is 4. The third-order valence-electron chi connectivity index (χ3n) is 4.01. The molecule has 6 heteroatoms. The molecule has 2 aromatic carbocycles. The maximum Gasteiger partial charge on any atom is 0.210 e. The average Bonchev–Trinajstić information content (AvgIpc) is 2.80. The van der Waals surface area contributed by atoms with Crippen molar-refractivity contribution in [3.8, 4) is 0 Å². The number of halogens is 1. The van der Waals surface area contributed by atoms with E-state index >= 15 is 0 Å². The second-order valence-electron chi connectivity index (χ2n) is 6.28. The Morgan fingerprint density at radius 2 is 1.80 bits per heavy atom. The smallest absolute Gasteiger partial charge is 0.210 e. The van der Waals surface area contributed by atoms with Crippen LogP contribution in [-0.4, -0.2) is 20.1 Å². The van der Waals surface area contributed by atoms with Gasteiger partial charge in [-0.05, 0) is 31.0 Å². The molecule has 1 N–H and O–H groups in total. The van der Waals surface area contributed by atoms with E-state index in [2.05, 4.69) is 15.9 Å². The lowest BCUT2D eigenvalue weighted by Gasteiger charge is -2.18. The Kier molecular flexibility index (Phi) is 4.95. The molecule has 25 heavy (non-hydrogen) atoms. The maximum atomic E-state index is 12.8. The van der Waals surface area contributed by atoms with E-state index < -0.39 is 16.7 Å². The minimum atomic E-state index is -1.92. The first-order valence-electron chi connectivity index (χ1n) is 7.69. The summed E-state index contributed by atoms with van der Waals surface area (Å²) in [5.74, 6) is 0.500. The highest BCUT2D eigenvalue weighted by atomic mass is 79.9. The van der Waals surface area contributed by atoms with Crippen molar-refractivity contribution < 1.29 is 18.3 Å². The molecule has 2 aromatic rings. The van der Waals surface area contributed by atoms with Gasteiger partial charge in [0.15, 0.2) is 16.7 Å². The quantitative estimate of drug-likeness (QED) is 0.743. The molecule has 0 amide bonds. The second-order valence-corrected chi connectivity index (χ2v) is 8.07. The lowest BCUT2D eigenvalue weighted by Crippen LogP contribution is -2.29. The minimum absolute atomic E-state index is 0.0384. The molecule has 3 rings (SSSR count). The number of ketones is 1. The minimum Gasteiger partial charge on any atom is -0.478 e. The summed E-state index contributed by atoms with van der Waals surface area (Å²) in [5.41, 5.74) is 1.89. The summed E-state index contributed by atoms with van der Waals surface area (Å²) in [6, 6.07) is 14.8. The van der Waals surface area contributed by atoms with Crippen LogP contribution in [0.2, 0.25) is 0 Å². The zero-order chi connectivity index (χ0) is 18.2. The molecule has 0 radical (unpaired) electrons. The molecule has 0 spiro atoms. The summed E-state index contributed by atoms with van der Waals surface area (Å²) >= 11 is 1.52. The van der Waals surface area contributed by atoms with Crippen molar-refractivity contribution in [2.24, 2.45) is 0 Å². The fourth-order valence-corrected chi connectivity index (χ4v) is 3.99. The summed E-state index contributed by atoms with van der Waals surface area (Å²) in [6.45, 7) is 3.51. The van der Waals surface area contributed by atoms with E-state index in [4.69, 9.17) is 9.29 Å². The molecule has 4 nitrogen and oxygen atoms in total. The van der Waals surface area contributed by atoms with Crippen LogP contribution >= 0.6 is 15.9 Å². The molecule has 1 aliphatic heterocycles. The number of ether oxygens (including phenoxy) is 1. The van der Waals surface area contributed by atoms with E-state index in [1.165, 1.54) is 0 Å². The fourth-order valence-electron chi connectivity index (χ4n) is 2.77. The van der Waals surface area contributed by atoms with Gasteiger partial charge >= 0.3 is 0 Å². The number of carbonyl (C=O) groups is 1. The van der Waals surface area contributed by atoms with Crippen LogP contribution in [0.3, 0.4) is 0 Å². The first-order chi connectivity index (χ1) is 11.8. The van der Waals surface area contributed by atoms with Crippen molar-refractivity contribution in [1.29, 1.82) is 0 Å². The maximum absolute atomic E-state index is 12.8. The monoisotopic (exact) mass is 420 g/mol. The molecule has 0 fully saturated rings. The lowest BCUT2D eigenvalue weighted by molar-refractivity contribution is -0.125. The number of benzene rings is 2. The van der Waals surface area contributed by atoms with Crippen molar-refractivity contribution >= 4 is 44.1 Å². The van der Waals surface area contributed by atoms with Gasteiger partial charge in [0.1, 0.15) is 5.76 Å². The van der Waals surface area contributed by atoms with Gasteiger partial charge in [-0.1, -0.05) is 58.4 Å². The van der Waals surface area contributed by atoms with E-state index in [1.807, 2.05) is 36.4 Å². The fraction of sp³-hybridized carbons (Fsp3) is 0.211. The summed E-state index contributed by atoms with van der Waals surface area (Å²) in [4.78, 5) is 12.8. The van der Waals surface area contributed by atoms with Crippen molar-refractivity contribution in [1.82, 2.24) is 0 Å². The molecule has 0 saturated carbocycles. The summed E-state index contributed by atoms with van der Waals surface area (Å²) in [6.07, 6.45) is 0. The normalized spacial score (nSPS) is 17.5. The van der Waals surface area contributed by atoms with Gasteiger partial charge in [-0.25, -0.2) is 4.21 Å². The Morgan fingerprint density at radius 1 is 1.12 bits per heavy atom. The third-order valence-corrected chi connectivity index (χ3v) is 5.31. The molecule has 0 saturated heterocycles. The van der Waals surface area contributed by atoms with Crippen LogP contribution in [-0.2, 0) is 26.4 Å². The zero-order valence-electron chi connectivity index (χ0n) is 13.8. The van der Waals surface area contributed by atoms with Gasteiger partial charge < -0.3 is 9.29 Å². The van der Waals surface area contributed by atoms with Crippen molar-refractivity contribution in [3.05, 3.63) is 69.7 Å². The molecular formula is C19H17BrO4S. The van der Waals surface area contributed by atoms with Gasteiger partial charge in [-0.3, -0.25) is 4.79 Å². The summed E-state index contributed by atoms with van der Waals surface area (Å²) in [5, 5.41) is 0. The molecule has 1 heterocycles. The van der Waals surface area contributed by atoms with E-state index in [0.29, 0.717) is 15.8 Å². The molecule has 1 aliphatic rings. The zero-order valence-corrected chi connectivity index (χ0v) is 16.2. The van der Waals surface area contributed by atoms with Crippen LogP contribution in [0.1, 0.15) is 30.5 Å². The highest BCUT2D eigenvalue weighted by Gasteiger charge is 2.42. The first-order valence-corrected chi connectivity index (χ1v) is 9.76. The Labute approximate surface area is 157 Å². The number of carbonyl (C=O) groups excluding carboxylic acids is 1. The molecule has 1 unspecified atom stereocenters. The largest absolute Gasteiger partial charge is 0.478 e. The van der Waals surface area contributed by atoms with Gasteiger partial charge in [0.25, 0.3) is 0 Å². The molecule has 0 bridgehead atoms. The van der Waals surface area contributed by atoms with Crippen LogP contribution in [0.5, 0.6) is 0 Å². The van der Waals surface area contributed by atoms with Gasteiger partial charge in [0.05, 0.1) is 11.3 Å².